The Balaban J connectivity index is 1.93. The van der Waals surface area contributed by atoms with Gasteiger partial charge in [-0.25, -0.2) is 0 Å². The minimum Gasteiger partial charge on any atom is -0.461 e. The zero-order chi connectivity index (χ0) is 9.26. The molecule has 0 aromatic carbocycles. The predicted octanol–water partition coefficient (Wildman–Crippen LogP) is 1.61. The van der Waals surface area contributed by atoms with Gasteiger partial charge >= 0.3 is 0 Å². The molecule has 13 heavy (non-hydrogen) atoms. The molecule has 2 heterocycles. The van der Waals surface area contributed by atoms with E-state index in [2.05, 4.69) is 0 Å². The van der Waals surface area contributed by atoms with Gasteiger partial charge in [0.05, 0.1) is 13.2 Å². The van der Waals surface area contributed by atoms with Crippen LogP contribution in [0, 0.1) is 0 Å². The zero-order valence-corrected chi connectivity index (χ0v) is 7.95. The number of allylic oxidation sites excluding steroid dienone is 2. The maximum absolute atomic E-state index is 5.67. The van der Waals surface area contributed by atoms with Gasteiger partial charge in [-0.05, 0) is 26.0 Å². The minimum absolute atomic E-state index is 0.179. The molecule has 0 aromatic heterocycles. The molecule has 0 N–H and O–H groups in total. The van der Waals surface area contributed by atoms with Crippen molar-refractivity contribution in [1.82, 2.24) is 0 Å². The highest BCUT2D eigenvalue weighted by molar-refractivity contribution is 5.13. The van der Waals surface area contributed by atoms with E-state index < -0.39 is 0 Å². The van der Waals surface area contributed by atoms with Crippen LogP contribution in [0.3, 0.4) is 0 Å². The first-order chi connectivity index (χ1) is 6.35. The summed E-state index contributed by atoms with van der Waals surface area (Å²) in [7, 11) is 0. The van der Waals surface area contributed by atoms with Gasteiger partial charge in [0.2, 0.25) is 0 Å². The Morgan fingerprint density at radius 1 is 1.08 bits per heavy atom. The molecule has 2 aliphatic heterocycles. The van der Waals surface area contributed by atoms with Crippen LogP contribution in [-0.2, 0) is 14.2 Å². The number of rotatable bonds is 4. The topological polar surface area (TPSA) is 34.3 Å². The van der Waals surface area contributed by atoms with Crippen LogP contribution in [0.15, 0.2) is 23.7 Å². The molecule has 2 atom stereocenters. The van der Waals surface area contributed by atoms with Crippen molar-refractivity contribution in [3.05, 3.63) is 23.7 Å². The Morgan fingerprint density at radius 3 is 1.69 bits per heavy atom. The van der Waals surface area contributed by atoms with E-state index in [0.29, 0.717) is 0 Å². The summed E-state index contributed by atoms with van der Waals surface area (Å²) in [5.41, 5.74) is 0. The first kappa shape index (κ1) is 8.78. The summed E-state index contributed by atoms with van der Waals surface area (Å²) in [6.07, 6.45) is 4.25. The lowest BCUT2D eigenvalue weighted by Crippen LogP contribution is -2.03. The molecular formula is C10H14O3. The summed E-state index contributed by atoms with van der Waals surface area (Å²) in [6.45, 7) is 5.47. The third-order valence-corrected chi connectivity index (χ3v) is 2.11. The Bertz CT molecular complexity index is 221. The maximum atomic E-state index is 5.67. The molecule has 2 rings (SSSR count). The summed E-state index contributed by atoms with van der Waals surface area (Å²) in [4.78, 5) is 0. The van der Waals surface area contributed by atoms with E-state index in [0.717, 1.165) is 24.7 Å². The van der Waals surface area contributed by atoms with Crippen molar-refractivity contribution >= 4 is 0 Å². The van der Waals surface area contributed by atoms with Gasteiger partial charge in [-0.3, -0.25) is 0 Å². The van der Waals surface area contributed by atoms with Gasteiger partial charge in [-0.15, -0.1) is 0 Å². The molecule has 3 nitrogen and oxygen atoms in total. The third kappa shape index (κ3) is 2.11. The SMILES string of the molecule is CC=C(OC(=CC)C1CO1)C1CO1. The average molecular weight is 182 g/mol. The normalized spacial score (nSPS) is 33.1. The fourth-order valence-electron chi connectivity index (χ4n) is 1.18. The van der Waals surface area contributed by atoms with E-state index in [4.69, 9.17) is 14.2 Å². The van der Waals surface area contributed by atoms with Gasteiger partial charge in [0.1, 0.15) is 23.7 Å². The summed E-state index contributed by atoms with van der Waals surface area (Å²) in [6, 6.07) is 0. The predicted molar refractivity (Wildman–Crippen MR) is 48.1 cm³/mol. The summed E-state index contributed by atoms with van der Waals surface area (Å²) in [5, 5.41) is 0. The molecule has 0 spiro atoms. The van der Waals surface area contributed by atoms with Crippen LogP contribution in [0.5, 0.6) is 0 Å². The second kappa shape index (κ2) is 3.52. The standard InChI is InChI=1S/C10H14O3/c1-3-7(9-5-11-9)13-8(4-2)10-6-12-10/h3-4,9-10H,5-6H2,1-2H3. The minimum atomic E-state index is 0.179. The highest BCUT2D eigenvalue weighted by Gasteiger charge is 2.34. The first-order valence-electron chi connectivity index (χ1n) is 4.58. The summed E-state index contributed by atoms with van der Waals surface area (Å²) >= 11 is 0. The van der Waals surface area contributed by atoms with Crippen LogP contribution in [0.25, 0.3) is 0 Å². The molecule has 2 unspecified atom stereocenters. The van der Waals surface area contributed by atoms with Crippen molar-refractivity contribution in [2.24, 2.45) is 0 Å². The monoisotopic (exact) mass is 182 g/mol. The van der Waals surface area contributed by atoms with Crippen molar-refractivity contribution in [2.45, 2.75) is 26.1 Å². The summed E-state index contributed by atoms with van der Waals surface area (Å²) in [5.74, 6) is 1.81. The van der Waals surface area contributed by atoms with Crippen LogP contribution >= 0.6 is 0 Å². The fraction of sp³-hybridized carbons (Fsp3) is 0.600. The van der Waals surface area contributed by atoms with Crippen LogP contribution in [0.4, 0.5) is 0 Å². The van der Waals surface area contributed by atoms with E-state index in [1.54, 1.807) is 0 Å². The Kier molecular flexibility index (Phi) is 2.38. The lowest BCUT2D eigenvalue weighted by molar-refractivity contribution is 0.231. The number of hydrogen-bond donors (Lipinski definition) is 0. The zero-order valence-electron chi connectivity index (χ0n) is 7.95. The van der Waals surface area contributed by atoms with Crippen LogP contribution in [-0.4, -0.2) is 25.4 Å². The van der Waals surface area contributed by atoms with Crippen molar-refractivity contribution in [1.29, 1.82) is 0 Å². The molecule has 0 amide bonds. The first-order valence-corrected chi connectivity index (χ1v) is 4.58. The molecule has 0 saturated carbocycles. The Labute approximate surface area is 78.0 Å². The van der Waals surface area contributed by atoms with Gasteiger partial charge in [0.25, 0.3) is 0 Å². The van der Waals surface area contributed by atoms with Crippen LogP contribution in [0.2, 0.25) is 0 Å². The fourth-order valence-corrected chi connectivity index (χ4v) is 1.18. The molecular weight excluding hydrogens is 168 g/mol. The number of ether oxygens (including phenoxy) is 3. The molecule has 2 fully saturated rings. The average Bonchev–Trinajstić information content (AvgIpc) is 2.99. The maximum Gasteiger partial charge on any atom is 0.138 e. The van der Waals surface area contributed by atoms with E-state index in [1.807, 2.05) is 26.0 Å². The molecule has 0 aliphatic carbocycles. The highest BCUT2D eigenvalue weighted by atomic mass is 16.6. The number of hydrogen-bond acceptors (Lipinski definition) is 3. The summed E-state index contributed by atoms with van der Waals surface area (Å²) < 4.78 is 16.0. The second-order valence-electron chi connectivity index (χ2n) is 3.13. The van der Waals surface area contributed by atoms with E-state index in [-0.39, 0.29) is 12.2 Å². The lowest BCUT2D eigenvalue weighted by Gasteiger charge is -2.08. The highest BCUT2D eigenvalue weighted by Crippen LogP contribution is 2.28. The van der Waals surface area contributed by atoms with Crippen LogP contribution in [0.1, 0.15) is 13.8 Å². The molecule has 72 valence electrons. The van der Waals surface area contributed by atoms with Crippen molar-refractivity contribution < 1.29 is 14.2 Å². The number of epoxide rings is 2. The third-order valence-electron chi connectivity index (χ3n) is 2.11. The van der Waals surface area contributed by atoms with Gasteiger partial charge in [0, 0.05) is 0 Å². The van der Waals surface area contributed by atoms with Crippen molar-refractivity contribution in [3.63, 3.8) is 0 Å². The molecule has 0 bridgehead atoms. The second-order valence-corrected chi connectivity index (χ2v) is 3.13. The van der Waals surface area contributed by atoms with Gasteiger partial charge < -0.3 is 14.2 Å². The van der Waals surface area contributed by atoms with E-state index >= 15 is 0 Å². The van der Waals surface area contributed by atoms with Crippen LogP contribution < -0.4 is 0 Å². The quantitative estimate of drug-likeness (QED) is 0.489. The Morgan fingerprint density at radius 2 is 1.46 bits per heavy atom. The van der Waals surface area contributed by atoms with Crippen molar-refractivity contribution in [2.75, 3.05) is 13.2 Å². The smallest absolute Gasteiger partial charge is 0.138 e. The van der Waals surface area contributed by atoms with Gasteiger partial charge in [0.15, 0.2) is 0 Å². The van der Waals surface area contributed by atoms with E-state index in [9.17, 15) is 0 Å². The van der Waals surface area contributed by atoms with E-state index in [1.165, 1.54) is 0 Å². The Hall–Kier alpha value is -0.800. The lowest BCUT2D eigenvalue weighted by atomic mass is 10.3. The largest absolute Gasteiger partial charge is 0.461 e. The molecule has 2 saturated heterocycles. The van der Waals surface area contributed by atoms with Gasteiger partial charge in [-0.2, -0.15) is 0 Å². The molecule has 3 heteroatoms. The van der Waals surface area contributed by atoms with Crippen molar-refractivity contribution in [3.8, 4) is 0 Å². The molecule has 0 aromatic rings. The molecule has 0 radical (unpaired) electrons. The molecule has 2 aliphatic rings. The van der Waals surface area contributed by atoms with Gasteiger partial charge in [-0.1, -0.05) is 0 Å².